The highest BCUT2D eigenvalue weighted by Gasteiger charge is 2.30. The Labute approximate surface area is 146 Å². The molecule has 1 heterocycles. The predicted molar refractivity (Wildman–Crippen MR) is 90.0 cm³/mol. The molecule has 25 heavy (non-hydrogen) atoms. The van der Waals surface area contributed by atoms with Gasteiger partial charge in [0.05, 0.1) is 5.92 Å². The molecular weight excluding hydrogens is 326 g/mol. The van der Waals surface area contributed by atoms with Gasteiger partial charge in [0, 0.05) is 24.7 Å². The molecule has 2 amide bonds. The Morgan fingerprint density at radius 1 is 1.00 bits per heavy atom. The molecule has 0 unspecified atom stereocenters. The zero-order valence-electron chi connectivity index (χ0n) is 14.3. The van der Waals surface area contributed by atoms with Crippen LogP contribution in [0.1, 0.15) is 55.3 Å². The standard InChI is InChI=1S/C19H24F2N2O2/c20-16-9-8-13(11-17(16)21)19(25)23-10-4-5-14(12-23)18(24)22-15-6-2-1-3-7-15/h8-9,11,14-15H,1-7,10,12H2,(H,22,24)/t14-/m0/s1. The van der Waals surface area contributed by atoms with Crippen LogP contribution in [-0.2, 0) is 4.79 Å². The van der Waals surface area contributed by atoms with Crippen LogP contribution < -0.4 is 5.32 Å². The Kier molecular flexibility index (Phi) is 5.66. The summed E-state index contributed by atoms with van der Waals surface area (Å²) in [6.07, 6.45) is 7.06. The lowest BCUT2D eigenvalue weighted by atomic mass is 9.93. The molecule has 1 aliphatic carbocycles. The van der Waals surface area contributed by atoms with Crippen molar-refractivity contribution in [2.75, 3.05) is 13.1 Å². The van der Waals surface area contributed by atoms with Crippen molar-refractivity contribution in [1.82, 2.24) is 10.2 Å². The molecule has 2 aliphatic rings. The number of carbonyl (C=O) groups excluding carboxylic acids is 2. The minimum atomic E-state index is -1.03. The summed E-state index contributed by atoms with van der Waals surface area (Å²) < 4.78 is 26.4. The zero-order valence-corrected chi connectivity index (χ0v) is 14.3. The van der Waals surface area contributed by atoms with Crippen LogP contribution in [0.4, 0.5) is 8.78 Å². The van der Waals surface area contributed by atoms with E-state index >= 15 is 0 Å². The maximum absolute atomic E-state index is 13.4. The first-order valence-electron chi connectivity index (χ1n) is 9.09. The number of hydrogen-bond acceptors (Lipinski definition) is 2. The third-order valence-corrected chi connectivity index (χ3v) is 5.20. The number of halogens is 2. The fourth-order valence-corrected chi connectivity index (χ4v) is 3.75. The van der Waals surface area contributed by atoms with Gasteiger partial charge in [0.2, 0.25) is 5.91 Å². The highest BCUT2D eigenvalue weighted by molar-refractivity contribution is 5.94. The largest absolute Gasteiger partial charge is 0.353 e. The van der Waals surface area contributed by atoms with E-state index in [2.05, 4.69) is 5.32 Å². The molecule has 2 fully saturated rings. The first-order chi connectivity index (χ1) is 12.0. The summed E-state index contributed by atoms with van der Waals surface area (Å²) in [4.78, 5) is 26.6. The SMILES string of the molecule is O=C(NC1CCCCC1)[C@H]1CCCN(C(=O)c2ccc(F)c(F)c2)C1. The van der Waals surface area contributed by atoms with Gasteiger partial charge in [-0.25, -0.2) is 8.78 Å². The van der Waals surface area contributed by atoms with Crippen molar-refractivity contribution < 1.29 is 18.4 Å². The van der Waals surface area contributed by atoms with E-state index in [1.807, 2.05) is 0 Å². The molecule has 1 aromatic carbocycles. The van der Waals surface area contributed by atoms with Gasteiger partial charge in [-0.2, -0.15) is 0 Å². The van der Waals surface area contributed by atoms with Crippen molar-refractivity contribution in [3.05, 3.63) is 35.4 Å². The molecule has 0 spiro atoms. The lowest BCUT2D eigenvalue weighted by Gasteiger charge is -2.33. The molecular formula is C19H24F2N2O2. The van der Waals surface area contributed by atoms with Gasteiger partial charge in [-0.1, -0.05) is 19.3 Å². The van der Waals surface area contributed by atoms with Gasteiger partial charge < -0.3 is 10.2 Å². The van der Waals surface area contributed by atoms with Crippen molar-refractivity contribution >= 4 is 11.8 Å². The van der Waals surface area contributed by atoms with Crippen LogP contribution in [-0.4, -0.2) is 35.8 Å². The highest BCUT2D eigenvalue weighted by Crippen LogP contribution is 2.22. The molecule has 0 radical (unpaired) electrons. The second-order valence-corrected chi connectivity index (χ2v) is 7.06. The lowest BCUT2D eigenvalue weighted by Crippen LogP contribution is -2.48. The van der Waals surface area contributed by atoms with E-state index < -0.39 is 11.6 Å². The predicted octanol–water partition coefficient (Wildman–Crippen LogP) is 3.27. The normalized spacial score (nSPS) is 21.8. The number of carbonyl (C=O) groups is 2. The van der Waals surface area contributed by atoms with Crippen molar-refractivity contribution in [3.8, 4) is 0 Å². The number of rotatable bonds is 3. The molecule has 1 atom stereocenters. The van der Waals surface area contributed by atoms with Gasteiger partial charge in [-0.05, 0) is 43.9 Å². The summed E-state index contributed by atoms with van der Waals surface area (Å²) in [6, 6.07) is 3.41. The van der Waals surface area contributed by atoms with Gasteiger partial charge in [0.15, 0.2) is 11.6 Å². The van der Waals surface area contributed by atoms with E-state index in [0.29, 0.717) is 13.1 Å². The fourth-order valence-electron chi connectivity index (χ4n) is 3.75. The monoisotopic (exact) mass is 350 g/mol. The maximum atomic E-state index is 13.4. The number of hydrogen-bond donors (Lipinski definition) is 1. The molecule has 1 N–H and O–H groups in total. The van der Waals surface area contributed by atoms with E-state index in [1.165, 1.54) is 12.5 Å². The summed E-state index contributed by atoms with van der Waals surface area (Å²) in [6.45, 7) is 0.863. The van der Waals surface area contributed by atoms with E-state index in [4.69, 9.17) is 0 Å². The molecule has 1 saturated heterocycles. The van der Waals surface area contributed by atoms with Gasteiger partial charge >= 0.3 is 0 Å². The van der Waals surface area contributed by atoms with Crippen LogP contribution in [0.2, 0.25) is 0 Å². The summed E-state index contributed by atoms with van der Waals surface area (Å²) in [5, 5.41) is 3.12. The Hall–Kier alpha value is -1.98. The minimum Gasteiger partial charge on any atom is -0.353 e. The van der Waals surface area contributed by atoms with Crippen LogP contribution in [0, 0.1) is 17.6 Å². The summed E-state index contributed by atoms with van der Waals surface area (Å²) in [7, 11) is 0. The van der Waals surface area contributed by atoms with Crippen molar-refractivity contribution in [3.63, 3.8) is 0 Å². The molecule has 6 heteroatoms. The summed E-state index contributed by atoms with van der Waals surface area (Å²) >= 11 is 0. The molecule has 136 valence electrons. The lowest BCUT2D eigenvalue weighted by molar-refractivity contribution is -0.127. The van der Waals surface area contributed by atoms with Gasteiger partial charge in [-0.15, -0.1) is 0 Å². The number of nitrogens with one attached hydrogen (secondary N) is 1. The Morgan fingerprint density at radius 2 is 1.76 bits per heavy atom. The van der Waals surface area contributed by atoms with Crippen LogP contribution in [0.5, 0.6) is 0 Å². The number of likely N-dealkylation sites (tertiary alicyclic amines) is 1. The van der Waals surface area contributed by atoms with Gasteiger partial charge in [-0.3, -0.25) is 9.59 Å². The maximum Gasteiger partial charge on any atom is 0.253 e. The molecule has 0 aromatic heterocycles. The Balaban J connectivity index is 1.60. The van der Waals surface area contributed by atoms with Crippen molar-refractivity contribution in [2.45, 2.75) is 51.0 Å². The van der Waals surface area contributed by atoms with E-state index in [0.717, 1.165) is 50.7 Å². The van der Waals surface area contributed by atoms with E-state index in [-0.39, 0.29) is 29.3 Å². The molecule has 3 rings (SSSR count). The first kappa shape index (κ1) is 17.8. The average Bonchev–Trinajstić information content (AvgIpc) is 2.64. The number of piperidine rings is 1. The number of amides is 2. The van der Waals surface area contributed by atoms with Gasteiger partial charge in [0.25, 0.3) is 5.91 Å². The molecule has 0 bridgehead atoms. The van der Waals surface area contributed by atoms with Crippen LogP contribution in [0.25, 0.3) is 0 Å². The number of benzene rings is 1. The van der Waals surface area contributed by atoms with Gasteiger partial charge in [0.1, 0.15) is 0 Å². The van der Waals surface area contributed by atoms with Crippen molar-refractivity contribution in [2.24, 2.45) is 5.92 Å². The number of nitrogens with zero attached hydrogens (tertiary/aromatic N) is 1. The zero-order chi connectivity index (χ0) is 17.8. The second-order valence-electron chi connectivity index (χ2n) is 7.06. The van der Waals surface area contributed by atoms with Crippen molar-refractivity contribution in [1.29, 1.82) is 0 Å². The summed E-state index contributed by atoms with van der Waals surface area (Å²) in [5.41, 5.74) is 0.118. The van der Waals surface area contributed by atoms with E-state index in [9.17, 15) is 18.4 Å². The Bertz CT molecular complexity index is 644. The molecule has 1 aliphatic heterocycles. The average molecular weight is 350 g/mol. The third kappa shape index (κ3) is 4.35. The van der Waals surface area contributed by atoms with E-state index in [1.54, 1.807) is 4.90 Å². The molecule has 1 saturated carbocycles. The fraction of sp³-hybridized carbons (Fsp3) is 0.579. The molecule has 1 aromatic rings. The van der Waals surface area contributed by atoms with Crippen LogP contribution >= 0.6 is 0 Å². The first-order valence-corrected chi connectivity index (χ1v) is 9.09. The quantitative estimate of drug-likeness (QED) is 0.910. The Morgan fingerprint density at radius 3 is 2.48 bits per heavy atom. The smallest absolute Gasteiger partial charge is 0.253 e. The highest BCUT2D eigenvalue weighted by atomic mass is 19.2. The van der Waals surface area contributed by atoms with Crippen LogP contribution in [0.15, 0.2) is 18.2 Å². The summed E-state index contributed by atoms with van der Waals surface area (Å²) in [5.74, 6) is -2.58. The minimum absolute atomic E-state index is 0.00897. The topological polar surface area (TPSA) is 49.4 Å². The van der Waals surface area contributed by atoms with Crippen LogP contribution in [0.3, 0.4) is 0 Å². The molecule has 4 nitrogen and oxygen atoms in total. The second kappa shape index (κ2) is 7.93. The third-order valence-electron chi connectivity index (χ3n) is 5.20.